The minimum atomic E-state index is -0.727. The van der Waals surface area contributed by atoms with Crippen molar-refractivity contribution in [2.45, 2.75) is 57.8 Å². The zero-order chi connectivity index (χ0) is 29.0. The third-order valence-corrected chi connectivity index (χ3v) is 6.37. The molecule has 0 bridgehead atoms. The highest BCUT2D eigenvalue weighted by Crippen LogP contribution is 2.30. The summed E-state index contributed by atoms with van der Waals surface area (Å²) in [5.41, 5.74) is 0.743. The highest BCUT2D eigenvalue weighted by Gasteiger charge is 2.34. The molecule has 0 atom stereocenters. The van der Waals surface area contributed by atoms with E-state index in [1.165, 1.54) is 0 Å². The van der Waals surface area contributed by atoms with Crippen LogP contribution in [0.3, 0.4) is 0 Å². The Kier molecular flexibility index (Phi) is 11.7. The SMILES string of the molecule is COCC(CCCc1ccc(Oc2cccc(OCc3ccccc3)c2)cc1Cl)(COC)NC(=O)OC(C)(C)C. The summed E-state index contributed by atoms with van der Waals surface area (Å²) in [7, 11) is 3.20. The van der Waals surface area contributed by atoms with Gasteiger partial charge in [-0.05, 0) is 75.4 Å². The summed E-state index contributed by atoms with van der Waals surface area (Å²) in [6.45, 7) is 6.53. The lowest BCUT2D eigenvalue weighted by molar-refractivity contribution is 0.0111. The van der Waals surface area contributed by atoms with Crippen molar-refractivity contribution in [3.8, 4) is 17.2 Å². The first-order valence-corrected chi connectivity index (χ1v) is 13.7. The van der Waals surface area contributed by atoms with Crippen LogP contribution in [0.1, 0.15) is 44.7 Å². The summed E-state index contributed by atoms with van der Waals surface area (Å²) in [5, 5.41) is 3.58. The van der Waals surface area contributed by atoms with Gasteiger partial charge in [-0.3, -0.25) is 0 Å². The Morgan fingerprint density at radius 3 is 2.17 bits per heavy atom. The van der Waals surface area contributed by atoms with Crippen LogP contribution in [0.4, 0.5) is 4.79 Å². The molecule has 0 saturated heterocycles. The molecule has 3 rings (SSSR count). The van der Waals surface area contributed by atoms with E-state index in [0.29, 0.717) is 36.0 Å². The maximum absolute atomic E-state index is 12.5. The average Bonchev–Trinajstić information content (AvgIpc) is 2.89. The lowest BCUT2D eigenvalue weighted by Gasteiger charge is -2.34. The van der Waals surface area contributed by atoms with E-state index < -0.39 is 17.2 Å². The summed E-state index contributed by atoms with van der Waals surface area (Å²) in [5.74, 6) is 2.01. The van der Waals surface area contributed by atoms with E-state index in [9.17, 15) is 4.79 Å². The molecule has 0 aromatic heterocycles. The minimum absolute atomic E-state index is 0.286. The van der Waals surface area contributed by atoms with E-state index in [-0.39, 0.29) is 13.2 Å². The molecule has 0 aliphatic heterocycles. The van der Waals surface area contributed by atoms with Gasteiger partial charge in [0.25, 0.3) is 0 Å². The van der Waals surface area contributed by atoms with E-state index in [4.69, 9.17) is 35.3 Å². The zero-order valence-corrected chi connectivity index (χ0v) is 24.8. The summed E-state index contributed by atoms with van der Waals surface area (Å²) in [6, 6.07) is 23.2. The van der Waals surface area contributed by atoms with Gasteiger partial charge in [0.15, 0.2) is 0 Å². The molecular weight excluding hydrogens is 530 g/mol. The number of carbonyl (C=O) groups is 1. The Morgan fingerprint density at radius 2 is 1.52 bits per heavy atom. The van der Waals surface area contributed by atoms with Gasteiger partial charge in [-0.15, -0.1) is 0 Å². The Bertz CT molecular complexity index is 1210. The van der Waals surface area contributed by atoms with Crippen molar-refractivity contribution in [3.05, 3.63) is 88.9 Å². The van der Waals surface area contributed by atoms with E-state index >= 15 is 0 Å². The Hall–Kier alpha value is -3.26. The fourth-order valence-corrected chi connectivity index (χ4v) is 4.57. The Morgan fingerprint density at radius 1 is 0.850 bits per heavy atom. The van der Waals surface area contributed by atoms with Crippen LogP contribution in [0.5, 0.6) is 17.2 Å². The van der Waals surface area contributed by atoms with E-state index in [1.54, 1.807) is 14.2 Å². The molecular formula is C32H40ClNO6. The van der Waals surface area contributed by atoms with Crippen LogP contribution in [0, 0.1) is 0 Å². The van der Waals surface area contributed by atoms with Crippen LogP contribution >= 0.6 is 11.6 Å². The van der Waals surface area contributed by atoms with Crippen LogP contribution < -0.4 is 14.8 Å². The molecule has 8 heteroatoms. The molecule has 0 unspecified atom stereocenters. The average molecular weight is 570 g/mol. The van der Waals surface area contributed by atoms with Crippen LogP contribution in [0.15, 0.2) is 72.8 Å². The summed E-state index contributed by atoms with van der Waals surface area (Å²) in [6.07, 6.45) is 1.55. The molecule has 216 valence electrons. The highest BCUT2D eigenvalue weighted by atomic mass is 35.5. The van der Waals surface area contributed by atoms with Gasteiger partial charge < -0.3 is 29.0 Å². The molecule has 0 aliphatic rings. The van der Waals surface area contributed by atoms with Crippen molar-refractivity contribution < 1.29 is 28.5 Å². The molecule has 0 fully saturated rings. The lowest BCUT2D eigenvalue weighted by Crippen LogP contribution is -2.56. The number of benzene rings is 3. The quantitative estimate of drug-likeness (QED) is 0.215. The van der Waals surface area contributed by atoms with Gasteiger partial charge in [-0.2, -0.15) is 0 Å². The topological polar surface area (TPSA) is 75.3 Å². The van der Waals surface area contributed by atoms with E-state index in [0.717, 1.165) is 23.3 Å². The van der Waals surface area contributed by atoms with E-state index in [1.807, 2.05) is 93.6 Å². The number of carbonyl (C=O) groups excluding carboxylic acids is 1. The van der Waals surface area contributed by atoms with Crippen molar-refractivity contribution in [1.29, 1.82) is 0 Å². The standard InChI is InChI=1S/C32H40ClNO6/c1-31(2,3)40-30(35)34-32(22-36-4,23-37-5)18-10-13-25-16-17-28(20-29(25)33)39-27-15-9-14-26(19-27)38-21-24-11-7-6-8-12-24/h6-9,11-12,14-17,19-20H,10,13,18,21-23H2,1-5H3,(H,34,35). The number of alkyl carbamates (subject to hydrolysis) is 1. The molecule has 1 N–H and O–H groups in total. The highest BCUT2D eigenvalue weighted by molar-refractivity contribution is 6.31. The largest absolute Gasteiger partial charge is 0.489 e. The Labute approximate surface area is 242 Å². The normalized spacial score (nSPS) is 11.7. The molecule has 0 aliphatic carbocycles. The first kappa shape index (κ1) is 31.3. The van der Waals surface area contributed by atoms with Crippen molar-refractivity contribution in [2.75, 3.05) is 27.4 Å². The second-order valence-corrected chi connectivity index (χ2v) is 11.1. The van der Waals surface area contributed by atoms with Gasteiger partial charge in [-0.1, -0.05) is 54.1 Å². The van der Waals surface area contributed by atoms with Gasteiger partial charge in [0, 0.05) is 25.3 Å². The fraction of sp³-hybridized carbons (Fsp3) is 0.406. The number of ether oxygens (including phenoxy) is 5. The second-order valence-electron chi connectivity index (χ2n) is 10.7. The van der Waals surface area contributed by atoms with Crippen LogP contribution in [0.25, 0.3) is 0 Å². The summed E-state index contributed by atoms with van der Waals surface area (Å²) < 4.78 is 28.3. The fourth-order valence-electron chi connectivity index (χ4n) is 4.31. The van der Waals surface area contributed by atoms with Gasteiger partial charge in [0.2, 0.25) is 0 Å². The molecule has 1 amide bonds. The van der Waals surface area contributed by atoms with Crippen LogP contribution in [0.2, 0.25) is 5.02 Å². The smallest absolute Gasteiger partial charge is 0.408 e. The number of aryl methyl sites for hydroxylation is 1. The third-order valence-electron chi connectivity index (χ3n) is 6.02. The van der Waals surface area contributed by atoms with Crippen LogP contribution in [-0.2, 0) is 27.2 Å². The predicted octanol–water partition coefficient (Wildman–Crippen LogP) is 7.59. The number of rotatable bonds is 14. The molecule has 0 radical (unpaired) electrons. The number of hydrogen-bond acceptors (Lipinski definition) is 6. The maximum Gasteiger partial charge on any atom is 0.408 e. The number of hydrogen-bond donors (Lipinski definition) is 1. The lowest BCUT2D eigenvalue weighted by atomic mass is 9.93. The number of nitrogens with one attached hydrogen (secondary N) is 1. The van der Waals surface area contributed by atoms with Gasteiger partial charge >= 0.3 is 6.09 Å². The zero-order valence-electron chi connectivity index (χ0n) is 24.0. The van der Waals surface area contributed by atoms with Crippen molar-refractivity contribution >= 4 is 17.7 Å². The summed E-state index contributed by atoms with van der Waals surface area (Å²) in [4.78, 5) is 12.5. The van der Waals surface area contributed by atoms with Gasteiger partial charge in [0.05, 0.1) is 18.8 Å². The second kappa shape index (κ2) is 14.9. The monoisotopic (exact) mass is 569 g/mol. The molecule has 0 saturated carbocycles. The van der Waals surface area contributed by atoms with Crippen LogP contribution in [-0.4, -0.2) is 44.7 Å². The van der Waals surface area contributed by atoms with E-state index in [2.05, 4.69) is 5.32 Å². The molecule has 7 nitrogen and oxygen atoms in total. The third kappa shape index (κ3) is 10.4. The predicted molar refractivity (Wildman–Crippen MR) is 158 cm³/mol. The summed E-state index contributed by atoms with van der Waals surface area (Å²) >= 11 is 6.63. The number of amides is 1. The van der Waals surface area contributed by atoms with Crippen molar-refractivity contribution in [1.82, 2.24) is 5.32 Å². The van der Waals surface area contributed by atoms with Gasteiger partial charge in [-0.25, -0.2) is 4.79 Å². The minimum Gasteiger partial charge on any atom is -0.489 e. The maximum atomic E-state index is 12.5. The molecule has 0 heterocycles. The molecule has 3 aromatic carbocycles. The van der Waals surface area contributed by atoms with Crippen molar-refractivity contribution in [2.24, 2.45) is 0 Å². The van der Waals surface area contributed by atoms with Crippen molar-refractivity contribution in [3.63, 3.8) is 0 Å². The Balaban J connectivity index is 1.59. The molecule has 0 spiro atoms. The number of methoxy groups -OCH3 is 2. The molecule has 3 aromatic rings. The first-order chi connectivity index (χ1) is 19.1. The number of halogens is 1. The first-order valence-electron chi connectivity index (χ1n) is 13.3. The molecule has 40 heavy (non-hydrogen) atoms. The van der Waals surface area contributed by atoms with Gasteiger partial charge in [0.1, 0.15) is 29.5 Å².